The fourth-order valence-corrected chi connectivity index (χ4v) is 2.49. The Morgan fingerprint density at radius 2 is 2.03 bits per heavy atom. The van der Waals surface area contributed by atoms with Crippen molar-refractivity contribution in [1.29, 1.82) is 0 Å². The van der Waals surface area contributed by atoms with E-state index in [-0.39, 0.29) is 12.2 Å². The lowest BCUT2D eigenvalue weighted by Crippen LogP contribution is -1.98. The first kappa shape index (κ1) is 21.9. The maximum Gasteiger partial charge on any atom is 0.134 e. The highest BCUT2D eigenvalue weighted by atomic mass is 19.1. The molecule has 2 aromatic rings. The third-order valence-corrected chi connectivity index (χ3v) is 3.64. The van der Waals surface area contributed by atoms with Crippen LogP contribution in [0.1, 0.15) is 18.4 Å². The van der Waals surface area contributed by atoms with E-state index in [9.17, 15) is 13.2 Å². The molecule has 2 rings (SSSR count). The van der Waals surface area contributed by atoms with Crippen LogP contribution in [0.5, 0.6) is 0 Å². The first-order valence-electron chi connectivity index (χ1n) is 8.77. The molecule has 0 unspecified atom stereocenters. The summed E-state index contributed by atoms with van der Waals surface area (Å²) in [6.07, 6.45) is 9.04. The van der Waals surface area contributed by atoms with E-state index >= 15 is 0 Å². The summed E-state index contributed by atoms with van der Waals surface area (Å²) in [7, 11) is 1.73. The fraction of sp³-hybridized carbons (Fsp3) is 0.182. The van der Waals surface area contributed by atoms with Crippen LogP contribution in [0.15, 0.2) is 73.2 Å². The van der Waals surface area contributed by atoms with Gasteiger partial charge in [0, 0.05) is 48.9 Å². The van der Waals surface area contributed by atoms with Gasteiger partial charge < -0.3 is 9.30 Å². The van der Waals surface area contributed by atoms with Gasteiger partial charge in [0.05, 0.1) is 5.69 Å². The predicted octanol–water partition coefficient (Wildman–Crippen LogP) is 5.65. The van der Waals surface area contributed by atoms with E-state index < -0.39 is 17.5 Å². The zero-order valence-corrected chi connectivity index (χ0v) is 16.5. The van der Waals surface area contributed by atoms with Gasteiger partial charge in [0.15, 0.2) is 0 Å². The summed E-state index contributed by atoms with van der Waals surface area (Å²) in [6, 6.07) is 3.36. The van der Waals surface area contributed by atoms with Gasteiger partial charge in [-0.2, -0.15) is 0 Å². The second-order valence-corrected chi connectivity index (χ2v) is 6.24. The lowest BCUT2D eigenvalue weighted by molar-refractivity contribution is 0.206. The smallest absolute Gasteiger partial charge is 0.134 e. The molecular formula is C22H22F3N3O. The van der Waals surface area contributed by atoms with Crippen LogP contribution in [0.25, 0.3) is 11.1 Å². The highest BCUT2D eigenvalue weighted by Gasteiger charge is 2.07. The molecule has 0 aliphatic heterocycles. The van der Waals surface area contributed by atoms with E-state index in [2.05, 4.69) is 16.5 Å². The zero-order valence-electron chi connectivity index (χ0n) is 16.5. The van der Waals surface area contributed by atoms with E-state index in [0.717, 1.165) is 6.07 Å². The minimum Gasteiger partial charge on any atom is -0.487 e. The van der Waals surface area contributed by atoms with Crippen molar-refractivity contribution in [2.24, 2.45) is 7.05 Å². The molecule has 0 spiro atoms. The van der Waals surface area contributed by atoms with Gasteiger partial charge in [-0.25, -0.2) is 23.1 Å². The second kappa shape index (κ2) is 10.3. The Balaban J connectivity index is 2.44. The number of halogens is 3. The predicted molar refractivity (Wildman–Crippen MR) is 107 cm³/mol. The lowest BCUT2D eigenvalue weighted by Gasteiger charge is -2.06. The Morgan fingerprint density at radius 3 is 2.69 bits per heavy atom. The molecule has 29 heavy (non-hydrogen) atoms. The Hall–Kier alpha value is -3.35. The van der Waals surface area contributed by atoms with Crippen molar-refractivity contribution in [1.82, 2.24) is 14.5 Å². The Labute approximate surface area is 168 Å². The van der Waals surface area contributed by atoms with Crippen molar-refractivity contribution in [3.05, 3.63) is 96.3 Å². The molecule has 0 atom stereocenters. The van der Waals surface area contributed by atoms with Crippen LogP contribution in [0.4, 0.5) is 13.2 Å². The molecule has 0 saturated carbocycles. The number of aromatic nitrogens is 3. The van der Waals surface area contributed by atoms with E-state index in [1.807, 2.05) is 0 Å². The van der Waals surface area contributed by atoms with Gasteiger partial charge in [-0.1, -0.05) is 12.7 Å². The van der Waals surface area contributed by atoms with Gasteiger partial charge in [-0.05, 0) is 32.1 Å². The maximum atomic E-state index is 14.2. The minimum atomic E-state index is -0.690. The van der Waals surface area contributed by atoms with Gasteiger partial charge in [0.2, 0.25) is 0 Å². The van der Waals surface area contributed by atoms with Gasteiger partial charge >= 0.3 is 0 Å². The second-order valence-electron chi connectivity index (χ2n) is 6.24. The topological polar surface area (TPSA) is 39.9 Å². The summed E-state index contributed by atoms with van der Waals surface area (Å²) in [5.41, 5.74) is 1.17. The number of rotatable bonds is 6. The van der Waals surface area contributed by atoms with Crippen LogP contribution in [-0.2, 0) is 18.4 Å². The molecule has 0 amide bonds. The molecule has 0 aliphatic rings. The largest absolute Gasteiger partial charge is 0.487 e. The molecule has 0 N–H and O–H groups in total. The number of aryl methyl sites for hydroxylation is 2. The number of ether oxygens (including phenoxy) is 1. The van der Waals surface area contributed by atoms with E-state index in [1.54, 1.807) is 30.9 Å². The summed E-state index contributed by atoms with van der Waals surface area (Å²) in [5.74, 6) is -1.04. The average molecular weight is 401 g/mol. The van der Waals surface area contributed by atoms with Crippen molar-refractivity contribution < 1.29 is 17.9 Å². The van der Waals surface area contributed by atoms with Crippen molar-refractivity contribution in [2.75, 3.05) is 0 Å². The van der Waals surface area contributed by atoms with Gasteiger partial charge in [0.25, 0.3) is 0 Å². The number of allylic oxidation sites excluding steroid dienone is 4. The molecule has 0 fully saturated rings. The SMILES string of the molecule is C=C/C=C(\C=C(/C)F)OCc1cn(C)cc(-c2ccc(F)cc2F)cnc(C)n1. The molecule has 0 saturated heterocycles. The Bertz CT molecular complexity index is 1000. The standard InChI is InChI=1S/C22H22F3N3O/c1-5-6-20(9-15(2)23)29-14-19-13-28(4)12-17(11-26-16(3)27-19)21-8-7-18(24)10-22(21)25/h5-13H,1,14H2,2-4H3/b15-9+,17-12?,19-13?,20-6+,26-11?,27-16?. The average Bonchev–Trinajstić information content (AvgIpc) is 2.69. The fourth-order valence-electron chi connectivity index (χ4n) is 2.49. The van der Waals surface area contributed by atoms with Gasteiger partial charge in [-0.15, -0.1) is 0 Å². The molecule has 4 nitrogen and oxygen atoms in total. The van der Waals surface area contributed by atoms with E-state index in [4.69, 9.17) is 4.74 Å². The van der Waals surface area contributed by atoms with Crippen molar-refractivity contribution in [3.63, 3.8) is 0 Å². The van der Waals surface area contributed by atoms with Crippen LogP contribution >= 0.6 is 0 Å². The summed E-state index contributed by atoms with van der Waals surface area (Å²) >= 11 is 0. The lowest BCUT2D eigenvalue weighted by atomic mass is 10.1. The zero-order chi connectivity index (χ0) is 21.4. The highest BCUT2D eigenvalue weighted by molar-refractivity contribution is 5.61. The van der Waals surface area contributed by atoms with E-state index in [1.165, 1.54) is 43.5 Å². The first-order chi connectivity index (χ1) is 13.8. The van der Waals surface area contributed by atoms with Crippen LogP contribution in [0.2, 0.25) is 0 Å². The number of hydrogen-bond acceptors (Lipinski definition) is 3. The van der Waals surface area contributed by atoms with Crippen LogP contribution < -0.4 is 0 Å². The Kier molecular flexibility index (Phi) is 7.77. The molecule has 0 bridgehead atoms. The molecule has 0 aliphatic carbocycles. The third-order valence-electron chi connectivity index (χ3n) is 3.64. The van der Waals surface area contributed by atoms with Crippen LogP contribution in [0.3, 0.4) is 0 Å². The first-order valence-corrected chi connectivity index (χ1v) is 8.77. The number of benzene rings is 1. The molecule has 7 heteroatoms. The van der Waals surface area contributed by atoms with Gasteiger partial charge in [-0.3, -0.25) is 0 Å². The highest BCUT2D eigenvalue weighted by Crippen LogP contribution is 2.21. The van der Waals surface area contributed by atoms with Crippen LogP contribution in [-0.4, -0.2) is 14.5 Å². The summed E-state index contributed by atoms with van der Waals surface area (Å²) < 4.78 is 47.8. The molecule has 152 valence electrons. The van der Waals surface area contributed by atoms with Gasteiger partial charge in [0.1, 0.15) is 35.7 Å². The van der Waals surface area contributed by atoms with Crippen molar-refractivity contribution >= 4 is 0 Å². The molecule has 1 aromatic carbocycles. The summed E-state index contributed by atoms with van der Waals surface area (Å²) in [6.45, 7) is 6.62. The van der Waals surface area contributed by atoms with Crippen LogP contribution in [0, 0.1) is 18.6 Å². The summed E-state index contributed by atoms with van der Waals surface area (Å²) in [5, 5.41) is 0. The monoisotopic (exact) mass is 401 g/mol. The summed E-state index contributed by atoms with van der Waals surface area (Å²) in [4.78, 5) is 8.61. The molecule has 1 heterocycles. The minimum absolute atomic E-state index is 0.0503. The number of nitrogens with zero attached hydrogens (tertiary/aromatic N) is 3. The Morgan fingerprint density at radius 1 is 1.28 bits per heavy atom. The molecular weight excluding hydrogens is 379 g/mol. The van der Waals surface area contributed by atoms with Crippen molar-refractivity contribution in [2.45, 2.75) is 20.5 Å². The van der Waals surface area contributed by atoms with E-state index in [0.29, 0.717) is 22.8 Å². The molecule has 1 aromatic heterocycles. The quantitative estimate of drug-likeness (QED) is 0.464. The third kappa shape index (κ3) is 6.95. The maximum absolute atomic E-state index is 14.2. The van der Waals surface area contributed by atoms with Crippen molar-refractivity contribution in [3.8, 4) is 11.1 Å². The normalized spacial score (nSPS) is 11.8. The molecule has 0 radical (unpaired) electrons. The number of hydrogen-bond donors (Lipinski definition) is 0.